The third-order valence-corrected chi connectivity index (χ3v) is 3.36. The van der Waals surface area contributed by atoms with Gasteiger partial charge in [-0.25, -0.2) is 13.8 Å². The van der Waals surface area contributed by atoms with Gasteiger partial charge in [-0.3, -0.25) is 0 Å². The van der Waals surface area contributed by atoms with Gasteiger partial charge in [0.1, 0.15) is 24.6 Å². The Morgan fingerprint density at radius 1 is 1.00 bits per heavy atom. The molecule has 0 radical (unpaired) electrons. The van der Waals surface area contributed by atoms with Crippen LogP contribution in [0.15, 0.2) is 30.3 Å². The van der Waals surface area contributed by atoms with E-state index in [0.29, 0.717) is 36.1 Å². The molecule has 1 aliphatic rings. The Hall–Kier alpha value is -2.63. The Balaban J connectivity index is 1.84. The largest absolute Gasteiger partial charge is 0.486 e. The number of aromatic nitrogens is 2. The first kappa shape index (κ1) is 12.1. The molecule has 2 heterocycles. The van der Waals surface area contributed by atoms with Crippen molar-refractivity contribution in [2.45, 2.75) is 0 Å². The molecule has 0 spiro atoms. The molecule has 0 aliphatic carbocycles. The number of benzene rings is 2. The average molecular weight is 288 g/mol. The summed E-state index contributed by atoms with van der Waals surface area (Å²) in [6.07, 6.45) is 0. The molecule has 4 nitrogen and oxygen atoms in total. The zero-order valence-electron chi connectivity index (χ0n) is 10.8. The van der Waals surface area contributed by atoms with Crippen molar-refractivity contribution in [3.63, 3.8) is 0 Å². The van der Waals surface area contributed by atoms with Crippen molar-refractivity contribution in [2.75, 3.05) is 13.2 Å². The number of ether oxygens (including phenoxy) is 2. The van der Waals surface area contributed by atoms with Crippen molar-refractivity contribution in [1.29, 1.82) is 0 Å². The second-order valence-electron chi connectivity index (χ2n) is 4.70. The van der Waals surface area contributed by atoms with Crippen LogP contribution in [0.25, 0.3) is 22.4 Å². The summed E-state index contributed by atoms with van der Waals surface area (Å²) in [7, 11) is 0. The molecule has 2 aromatic carbocycles. The molecule has 1 aromatic heterocycles. The van der Waals surface area contributed by atoms with Gasteiger partial charge in [0.15, 0.2) is 23.1 Å². The van der Waals surface area contributed by atoms with Crippen molar-refractivity contribution in [3.05, 3.63) is 42.0 Å². The second-order valence-corrected chi connectivity index (χ2v) is 4.70. The molecule has 0 bridgehead atoms. The maximum atomic E-state index is 13.7. The van der Waals surface area contributed by atoms with E-state index in [2.05, 4.69) is 9.97 Å². The van der Waals surface area contributed by atoms with Gasteiger partial charge in [-0.2, -0.15) is 0 Å². The van der Waals surface area contributed by atoms with Crippen LogP contribution in [0.4, 0.5) is 8.78 Å². The van der Waals surface area contributed by atoms with Crippen molar-refractivity contribution in [3.8, 4) is 22.9 Å². The molecule has 0 unspecified atom stereocenters. The molecule has 21 heavy (non-hydrogen) atoms. The number of nitrogens with one attached hydrogen (secondary N) is 1. The highest BCUT2D eigenvalue weighted by Crippen LogP contribution is 2.34. The summed E-state index contributed by atoms with van der Waals surface area (Å²) >= 11 is 0. The third-order valence-electron chi connectivity index (χ3n) is 3.36. The number of H-pyrrole nitrogens is 1. The van der Waals surface area contributed by atoms with Gasteiger partial charge in [-0.15, -0.1) is 0 Å². The summed E-state index contributed by atoms with van der Waals surface area (Å²) in [4.78, 5) is 7.10. The Morgan fingerprint density at radius 3 is 2.67 bits per heavy atom. The zero-order valence-corrected chi connectivity index (χ0v) is 10.8. The second kappa shape index (κ2) is 4.44. The minimum absolute atomic E-state index is 0.0140. The fourth-order valence-corrected chi connectivity index (χ4v) is 2.34. The fraction of sp³-hybridized carbons (Fsp3) is 0.133. The SMILES string of the molecule is Fc1ccc2[nH]c(-c3ccc4c(c3)OCCO4)nc2c1F. The monoisotopic (exact) mass is 288 g/mol. The fourth-order valence-electron chi connectivity index (χ4n) is 2.34. The quantitative estimate of drug-likeness (QED) is 0.747. The van der Waals surface area contributed by atoms with Crippen LogP contribution >= 0.6 is 0 Å². The Bertz CT molecular complexity index is 845. The van der Waals surface area contributed by atoms with Crippen LogP contribution in [0, 0.1) is 11.6 Å². The van der Waals surface area contributed by atoms with E-state index >= 15 is 0 Å². The molecule has 0 saturated carbocycles. The lowest BCUT2D eigenvalue weighted by Crippen LogP contribution is -2.15. The predicted octanol–water partition coefficient (Wildman–Crippen LogP) is 3.28. The summed E-state index contributed by atoms with van der Waals surface area (Å²) in [6, 6.07) is 7.86. The van der Waals surface area contributed by atoms with Gasteiger partial charge in [-0.05, 0) is 30.3 Å². The maximum absolute atomic E-state index is 13.7. The number of aromatic amines is 1. The number of imidazole rings is 1. The van der Waals surface area contributed by atoms with Crippen LogP contribution in [0.3, 0.4) is 0 Å². The number of fused-ring (bicyclic) bond motifs is 2. The average Bonchev–Trinajstić information content (AvgIpc) is 2.95. The van der Waals surface area contributed by atoms with E-state index in [1.54, 1.807) is 18.2 Å². The van der Waals surface area contributed by atoms with Gasteiger partial charge < -0.3 is 14.5 Å². The molecule has 1 aliphatic heterocycles. The van der Waals surface area contributed by atoms with Crippen LogP contribution in [-0.4, -0.2) is 23.2 Å². The van der Waals surface area contributed by atoms with Crippen LogP contribution in [0.1, 0.15) is 0 Å². The van der Waals surface area contributed by atoms with Gasteiger partial charge in [0.2, 0.25) is 0 Å². The number of nitrogens with zero attached hydrogens (tertiary/aromatic N) is 1. The summed E-state index contributed by atoms with van der Waals surface area (Å²) in [5, 5.41) is 0. The van der Waals surface area contributed by atoms with E-state index in [1.807, 2.05) is 0 Å². The standard InChI is InChI=1S/C15H10F2N2O2/c16-9-2-3-10-14(13(9)17)19-15(18-10)8-1-4-11-12(7-8)21-6-5-20-11/h1-4,7H,5-6H2,(H,18,19). The minimum Gasteiger partial charge on any atom is -0.486 e. The van der Waals surface area contributed by atoms with Crippen molar-refractivity contribution in [2.24, 2.45) is 0 Å². The molecule has 0 fully saturated rings. The molecule has 1 N–H and O–H groups in total. The highest BCUT2D eigenvalue weighted by Gasteiger charge is 2.16. The number of hydrogen-bond acceptors (Lipinski definition) is 3. The number of halogens is 2. The van der Waals surface area contributed by atoms with Crippen LogP contribution in [0.5, 0.6) is 11.5 Å². The first-order valence-electron chi connectivity index (χ1n) is 6.46. The number of rotatable bonds is 1. The molecule has 0 atom stereocenters. The summed E-state index contributed by atoms with van der Waals surface area (Å²) in [5.74, 6) is -0.133. The highest BCUT2D eigenvalue weighted by molar-refractivity contribution is 5.80. The molecule has 0 saturated heterocycles. The topological polar surface area (TPSA) is 47.1 Å². The molecular weight excluding hydrogens is 278 g/mol. The van der Waals surface area contributed by atoms with Crippen LogP contribution in [0.2, 0.25) is 0 Å². The van der Waals surface area contributed by atoms with E-state index < -0.39 is 11.6 Å². The van der Waals surface area contributed by atoms with E-state index in [0.717, 1.165) is 11.6 Å². The van der Waals surface area contributed by atoms with Gasteiger partial charge >= 0.3 is 0 Å². The highest BCUT2D eigenvalue weighted by atomic mass is 19.2. The van der Waals surface area contributed by atoms with Crippen molar-refractivity contribution < 1.29 is 18.3 Å². The van der Waals surface area contributed by atoms with Crippen molar-refractivity contribution >= 4 is 11.0 Å². The first-order chi connectivity index (χ1) is 10.2. The first-order valence-corrected chi connectivity index (χ1v) is 6.46. The lowest BCUT2D eigenvalue weighted by molar-refractivity contribution is 0.171. The lowest BCUT2D eigenvalue weighted by atomic mass is 10.2. The molecule has 4 rings (SSSR count). The zero-order chi connectivity index (χ0) is 14.4. The minimum atomic E-state index is -0.951. The molecule has 106 valence electrons. The van der Waals surface area contributed by atoms with E-state index in [1.165, 1.54) is 6.07 Å². The van der Waals surface area contributed by atoms with Gasteiger partial charge in [0.05, 0.1) is 5.52 Å². The van der Waals surface area contributed by atoms with Gasteiger partial charge in [-0.1, -0.05) is 0 Å². The van der Waals surface area contributed by atoms with E-state index in [9.17, 15) is 8.78 Å². The van der Waals surface area contributed by atoms with Crippen molar-refractivity contribution in [1.82, 2.24) is 9.97 Å². The number of hydrogen-bond donors (Lipinski definition) is 1. The molecule has 3 aromatic rings. The Labute approximate surface area is 118 Å². The van der Waals surface area contributed by atoms with Gasteiger partial charge in [0.25, 0.3) is 0 Å². The van der Waals surface area contributed by atoms with E-state index in [-0.39, 0.29) is 5.52 Å². The third kappa shape index (κ3) is 1.91. The lowest BCUT2D eigenvalue weighted by Gasteiger charge is -2.18. The van der Waals surface area contributed by atoms with Crippen LogP contribution in [-0.2, 0) is 0 Å². The Morgan fingerprint density at radius 2 is 1.81 bits per heavy atom. The van der Waals surface area contributed by atoms with Gasteiger partial charge in [0, 0.05) is 5.56 Å². The Kier molecular flexibility index (Phi) is 2.57. The predicted molar refractivity (Wildman–Crippen MR) is 72.4 cm³/mol. The molecule has 6 heteroatoms. The summed E-state index contributed by atoms with van der Waals surface area (Å²) in [5.41, 5.74) is 1.15. The maximum Gasteiger partial charge on any atom is 0.186 e. The van der Waals surface area contributed by atoms with E-state index in [4.69, 9.17) is 9.47 Å². The summed E-state index contributed by atoms with van der Waals surface area (Å²) < 4.78 is 37.9. The molecular formula is C15H10F2N2O2. The molecule has 0 amide bonds. The normalized spacial score (nSPS) is 13.6. The van der Waals surface area contributed by atoms with Crippen LogP contribution < -0.4 is 9.47 Å². The summed E-state index contributed by atoms with van der Waals surface area (Å²) in [6.45, 7) is 0.998. The smallest absolute Gasteiger partial charge is 0.186 e.